The molecule has 2 amide bonds. The fraction of sp³-hybridized carbons (Fsp3) is 0.391. The van der Waals surface area contributed by atoms with E-state index in [4.69, 9.17) is 16.3 Å². The highest BCUT2D eigenvalue weighted by atomic mass is 35.5. The van der Waals surface area contributed by atoms with Gasteiger partial charge in [-0.2, -0.15) is 0 Å². The summed E-state index contributed by atoms with van der Waals surface area (Å²) < 4.78 is 5.63. The lowest BCUT2D eigenvalue weighted by Gasteiger charge is -2.31. The van der Waals surface area contributed by atoms with Gasteiger partial charge in [0, 0.05) is 17.6 Å². The van der Waals surface area contributed by atoms with Gasteiger partial charge < -0.3 is 15.0 Å². The largest absolute Gasteiger partial charge is 0.484 e. The molecular formula is C23H29ClN2O3. The predicted molar refractivity (Wildman–Crippen MR) is 116 cm³/mol. The van der Waals surface area contributed by atoms with E-state index >= 15 is 0 Å². The van der Waals surface area contributed by atoms with E-state index in [0.717, 1.165) is 5.56 Å². The van der Waals surface area contributed by atoms with Crippen molar-refractivity contribution in [2.45, 2.75) is 45.7 Å². The van der Waals surface area contributed by atoms with Crippen molar-refractivity contribution in [3.8, 4) is 5.75 Å². The topological polar surface area (TPSA) is 58.6 Å². The molecule has 2 rings (SSSR count). The van der Waals surface area contributed by atoms with E-state index in [0.29, 0.717) is 30.2 Å². The van der Waals surface area contributed by atoms with Crippen LogP contribution in [-0.2, 0) is 16.0 Å². The maximum atomic E-state index is 13.0. The Bertz CT molecular complexity index is 796. The van der Waals surface area contributed by atoms with Crippen LogP contribution < -0.4 is 10.1 Å². The number of hydrogen-bond acceptors (Lipinski definition) is 3. The van der Waals surface area contributed by atoms with Gasteiger partial charge in [-0.05, 0) is 50.5 Å². The van der Waals surface area contributed by atoms with Gasteiger partial charge in [0.05, 0.1) is 0 Å². The van der Waals surface area contributed by atoms with Crippen LogP contribution >= 0.6 is 11.6 Å². The van der Waals surface area contributed by atoms with Crippen molar-refractivity contribution in [2.75, 3.05) is 13.2 Å². The Hall–Kier alpha value is -2.53. The summed E-state index contributed by atoms with van der Waals surface area (Å²) in [6, 6.07) is 16.3. The molecule has 29 heavy (non-hydrogen) atoms. The van der Waals surface area contributed by atoms with Crippen molar-refractivity contribution in [3.05, 3.63) is 65.2 Å². The molecule has 0 fully saturated rings. The van der Waals surface area contributed by atoms with E-state index in [1.54, 1.807) is 29.2 Å². The molecule has 0 aliphatic rings. The molecule has 0 saturated heterocycles. The van der Waals surface area contributed by atoms with Gasteiger partial charge in [-0.15, -0.1) is 0 Å². The summed E-state index contributed by atoms with van der Waals surface area (Å²) in [5.74, 6) is 0.145. The second-order valence-electron chi connectivity index (χ2n) is 7.16. The van der Waals surface area contributed by atoms with Crippen LogP contribution in [0, 0.1) is 0 Å². The van der Waals surface area contributed by atoms with E-state index in [2.05, 4.69) is 5.32 Å². The summed E-state index contributed by atoms with van der Waals surface area (Å²) in [4.78, 5) is 27.3. The number of halogens is 1. The molecule has 1 atom stereocenters. The second-order valence-corrected chi connectivity index (χ2v) is 7.59. The molecule has 1 N–H and O–H groups in total. The highest BCUT2D eigenvalue weighted by molar-refractivity contribution is 6.30. The number of amides is 2. The van der Waals surface area contributed by atoms with Crippen LogP contribution in [0.1, 0.15) is 32.8 Å². The van der Waals surface area contributed by atoms with Gasteiger partial charge in [0.1, 0.15) is 11.8 Å². The van der Waals surface area contributed by atoms with Gasteiger partial charge in [0.2, 0.25) is 5.91 Å². The first kappa shape index (κ1) is 22.8. The number of ether oxygens (including phenoxy) is 1. The number of carbonyl (C=O) groups excluding carboxylic acids is 2. The normalized spacial score (nSPS) is 11.8. The van der Waals surface area contributed by atoms with Crippen molar-refractivity contribution in [2.24, 2.45) is 0 Å². The summed E-state index contributed by atoms with van der Waals surface area (Å²) in [7, 11) is 0. The van der Waals surface area contributed by atoms with E-state index in [1.807, 2.05) is 51.1 Å². The molecule has 0 spiro atoms. The summed E-state index contributed by atoms with van der Waals surface area (Å²) >= 11 is 5.97. The standard InChI is InChI=1S/C23H29ClN2O3/c1-4-21(23(28)25-17(2)3)26(14-13-18-9-6-5-7-10-18)22(27)16-29-20-12-8-11-19(24)15-20/h5-12,15,17,21H,4,13-14,16H2,1-3H3,(H,25,28)/t21-/m0/s1. The molecule has 0 aliphatic carbocycles. The number of hydrogen-bond donors (Lipinski definition) is 1. The Morgan fingerprint density at radius 2 is 1.83 bits per heavy atom. The first-order valence-electron chi connectivity index (χ1n) is 9.92. The second kappa shape index (κ2) is 11.5. The van der Waals surface area contributed by atoms with Gasteiger partial charge in [0.15, 0.2) is 6.61 Å². The summed E-state index contributed by atoms with van der Waals surface area (Å²) in [5.41, 5.74) is 1.11. The fourth-order valence-corrected chi connectivity index (χ4v) is 3.24. The molecule has 0 aromatic heterocycles. The third kappa shape index (κ3) is 7.42. The Labute approximate surface area is 178 Å². The maximum Gasteiger partial charge on any atom is 0.261 e. The lowest BCUT2D eigenvalue weighted by atomic mass is 10.1. The van der Waals surface area contributed by atoms with Crippen LogP contribution in [0.2, 0.25) is 5.02 Å². The quantitative estimate of drug-likeness (QED) is 0.634. The lowest BCUT2D eigenvalue weighted by Crippen LogP contribution is -2.52. The van der Waals surface area contributed by atoms with Gasteiger partial charge in [-0.3, -0.25) is 9.59 Å². The summed E-state index contributed by atoms with van der Waals surface area (Å²) in [5, 5.41) is 3.46. The Balaban J connectivity index is 2.12. The monoisotopic (exact) mass is 416 g/mol. The number of carbonyl (C=O) groups is 2. The van der Waals surface area contributed by atoms with Gasteiger partial charge >= 0.3 is 0 Å². The molecule has 0 saturated carbocycles. The van der Waals surface area contributed by atoms with Crippen molar-refractivity contribution in [1.29, 1.82) is 0 Å². The molecular weight excluding hydrogens is 388 g/mol. The van der Waals surface area contributed by atoms with Crippen LogP contribution in [0.4, 0.5) is 0 Å². The zero-order valence-electron chi connectivity index (χ0n) is 17.2. The maximum absolute atomic E-state index is 13.0. The predicted octanol–water partition coefficient (Wildman–Crippen LogP) is 4.09. The zero-order chi connectivity index (χ0) is 21.2. The molecule has 2 aromatic carbocycles. The fourth-order valence-electron chi connectivity index (χ4n) is 3.06. The molecule has 0 radical (unpaired) electrons. The molecule has 5 nitrogen and oxygen atoms in total. The highest BCUT2D eigenvalue weighted by Gasteiger charge is 2.28. The molecule has 0 bridgehead atoms. The number of rotatable bonds is 10. The van der Waals surface area contributed by atoms with E-state index in [9.17, 15) is 9.59 Å². The molecule has 0 heterocycles. The Kier molecular flexibility index (Phi) is 9.00. The van der Waals surface area contributed by atoms with Gasteiger partial charge in [0.25, 0.3) is 5.91 Å². The third-order valence-electron chi connectivity index (χ3n) is 4.46. The molecule has 6 heteroatoms. The highest BCUT2D eigenvalue weighted by Crippen LogP contribution is 2.17. The SMILES string of the molecule is CC[C@@H](C(=O)NC(C)C)N(CCc1ccccc1)C(=O)COc1cccc(Cl)c1. The average molecular weight is 417 g/mol. The smallest absolute Gasteiger partial charge is 0.261 e. The molecule has 156 valence electrons. The van der Waals surface area contributed by atoms with E-state index in [1.165, 1.54) is 0 Å². The molecule has 2 aromatic rings. The average Bonchev–Trinajstić information content (AvgIpc) is 2.69. The molecule has 0 aliphatic heterocycles. The van der Waals surface area contributed by atoms with Gasteiger partial charge in [-0.25, -0.2) is 0 Å². The summed E-state index contributed by atoms with van der Waals surface area (Å²) in [6.07, 6.45) is 1.19. The van der Waals surface area contributed by atoms with Crippen molar-refractivity contribution in [1.82, 2.24) is 10.2 Å². The minimum absolute atomic E-state index is 0.00494. The zero-order valence-corrected chi connectivity index (χ0v) is 18.0. The minimum Gasteiger partial charge on any atom is -0.484 e. The van der Waals surface area contributed by atoms with Crippen LogP contribution in [0.3, 0.4) is 0 Å². The Morgan fingerprint density at radius 3 is 2.45 bits per heavy atom. The van der Waals surface area contributed by atoms with E-state index < -0.39 is 6.04 Å². The van der Waals surface area contributed by atoms with Crippen molar-refractivity contribution < 1.29 is 14.3 Å². The number of nitrogens with zero attached hydrogens (tertiary/aromatic N) is 1. The first-order valence-corrected chi connectivity index (χ1v) is 10.3. The number of benzene rings is 2. The third-order valence-corrected chi connectivity index (χ3v) is 4.69. The number of nitrogens with one attached hydrogen (secondary N) is 1. The lowest BCUT2D eigenvalue weighted by molar-refractivity contribution is -0.142. The van der Waals surface area contributed by atoms with Crippen molar-refractivity contribution >= 4 is 23.4 Å². The first-order chi connectivity index (χ1) is 13.9. The van der Waals surface area contributed by atoms with Crippen LogP contribution in [0.15, 0.2) is 54.6 Å². The molecule has 0 unspecified atom stereocenters. The van der Waals surface area contributed by atoms with Crippen molar-refractivity contribution in [3.63, 3.8) is 0 Å². The van der Waals surface area contributed by atoms with Crippen LogP contribution in [0.5, 0.6) is 5.75 Å². The van der Waals surface area contributed by atoms with Crippen LogP contribution in [0.25, 0.3) is 0 Å². The minimum atomic E-state index is -0.545. The van der Waals surface area contributed by atoms with E-state index in [-0.39, 0.29) is 24.5 Å². The van der Waals surface area contributed by atoms with Crippen LogP contribution in [-0.4, -0.2) is 41.9 Å². The van der Waals surface area contributed by atoms with Gasteiger partial charge in [-0.1, -0.05) is 54.9 Å². The summed E-state index contributed by atoms with van der Waals surface area (Å²) in [6.45, 7) is 6.00. The Morgan fingerprint density at radius 1 is 1.10 bits per heavy atom.